The second-order valence-corrected chi connectivity index (χ2v) is 5.42. The van der Waals surface area contributed by atoms with Crippen LogP contribution in [0.4, 0.5) is 0 Å². The van der Waals surface area contributed by atoms with E-state index in [0.29, 0.717) is 0 Å². The molecule has 0 radical (unpaired) electrons. The molecule has 0 aliphatic carbocycles. The maximum atomic E-state index is 5.84. The van der Waals surface area contributed by atoms with Crippen molar-refractivity contribution in [2.75, 3.05) is 46.4 Å². The van der Waals surface area contributed by atoms with Crippen molar-refractivity contribution in [1.29, 1.82) is 0 Å². The summed E-state index contributed by atoms with van der Waals surface area (Å²) in [5.41, 5.74) is 4.67. The van der Waals surface area contributed by atoms with Crippen molar-refractivity contribution in [3.05, 3.63) is 23.8 Å². The number of hydrogen-bond donors (Lipinski definition) is 1. The van der Waals surface area contributed by atoms with Gasteiger partial charge in [0.25, 0.3) is 0 Å². The van der Waals surface area contributed by atoms with Gasteiger partial charge in [0, 0.05) is 44.7 Å². The first-order valence-corrected chi connectivity index (χ1v) is 7.37. The fourth-order valence-electron chi connectivity index (χ4n) is 2.55. The fraction of sp³-hybridized carbons (Fsp3) is 0.600. The topological polar surface area (TPSA) is 37.0 Å². The molecule has 1 aromatic rings. The summed E-state index contributed by atoms with van der Waals surface area (Å²) < 4.78 is 11.6. The van der Waals surface area contributed by atoms with Crippen LogP contribution in [0.15, 0.2) is 18.2 Å². The molecule has 1 aromatic carbocycles. The Labute approximate surface area is 120 Å². The van der Waals surface area contributed by atoms with E-state index in [4.69, 9.17) is 9.47 Å². The van der Waals surface area contributed by atoms with Crippen molar-refractivity contribution in [2.45, 2.75) is 13.0 Å². The number of fused-ring (bicyclic) bond motifs is 1. The molecule has 5 heteroatoms. The molecule has 0 amide bonds. The van der Waals surface area contributed by atoms with Crippen molar-refractivity contribution in [3.8, 4) is 11.5 Å². The molecular weight excluding hydrogens is 254 g/mol. The Morgan fingerprint density at radius 2 is 1.90 bits per heavy atom. The van der Waals surface area contributed by atoms with Crippen molar-refractivity contribution < 1.29 is 9.47 Å². The van der Waals surface area contributed by atoms with Crippen molar-refractivity contribution >= 4 is 0 Å². The second-order valence-electron chi connectivity index (χ2n) is 5.42. The van der Waals surface area contributed by atoms with Crippen LogP contribution < -0.4 is 14.9 Å². The van der Waals surface area contributed by atoms with E-state index in [9.17, 15) is 0 Å². The Morgan fingerprint density at radius 3 is 2.75 bits per heavy atom. The van der Waals surface area contributed by atoms with E-state index in [1.54, 1.807) is 0 Å². The third-order valence-electron chi connectivity index (χ3n) is 3.85. The number of nitrogens with one attached hydrogen (secondary N) is 1. The minimum Gasteiger partial charge on any atom is -0.490 e. The zero-order valence-corrected chi connectivity index (χ0v) is 12.1. The molecule has 1 saturated heterocycles. The van der Waals surface area contributed by atoms with E-state index in [-0.39, 0.29) is 0 Å². The Balaban J connectivity index is 1.62. The van der Waals surface area contributed by atoms with Crippen LogP contribution in [0.2, 0.25) is 0 Å². The Morgan fingerprint density at radius 1 is 1.10 bits per heavy atom. The number of hydrazine groups is 1. The van der Waals surface area contributed by atoms with Gasteiger partial charge in [-0.15, -0.1) is 0 Å². The standard InChI is InChI=1S/C15H23N3O2/c1-17-6-8-18(9-7-17)16-12-13-4-2-5-14-15(13)20-11-3-10-19-14/h2,4-5,16H,3,6-12H2,1H3. The average Bonchev–Trinajstić information content (AvgIpc) is 2.72. The molecule has 0 unspecified atom stereocenters. The van der Waals surface area contributed by atoms with Gasteiger partial charge in [-0.2, -0.15) is 0 Å². The van der Waals surface area contributed by atoms with Gasteiger partial charge in [-0.1, -0.05) is 12.1 Å². The van der Waals surface area contributed by atoms with Crippen LogP contribution in [0.1, 0.15) is 12.0 Å². The van der Waals surface area contributed by atoms with Crippen LogP contribution in [-0.2, 0) is 6.54 Å². The van der Waals surface area contributed by atoms with Crippen LogP contribution in [-0.4, -0.2) is 56.3 Å². The highest BCUT2D eigenvalue weighted by Gasteiger charge is 2.17. The summed E-state index contributed by atoms with van der Waals surface area (Å²) >= 11 is 0. The predicted molar refractivity (Wildman–Crippen MR) is 78.0 cm³/mol. The second kappa shape index (κ2) is 6.43. The zero-order chi connectivity index (χ0) is 13.8. The molecule has 1 N–H and O–H groups in total. The van der Waals surface area contributed by atoms with Gasteiger partial charge < -0.3 is 14.4 Å². The molecule has 20 heavy (non-hydrogen) atoms. The predicted octanol–water partition coefficient (Wildman–Crippen LogP) is 1.10. The van der Waals surface area contributed by atoms with Crippen LogP contribution in [0, 0.1) is 0 Å². The summed E-state index contributed by atoms with van der Waals surface area (Å²) in [4.78, 5) is 2.35. The van der Waals surface area contributed by atoms with E-state index < -0.39 is 0 Å². The summed E-state index contributed by atoms with van der Waals surface area (Å²) in [5, 5.41) is 2.29. The van der Waals surface area contributed by atoms with Gasteiger partial charge >= 0.3 is 0 Å². The van der Waals surface area contributed by atoms with Crippen LogP contribution in [0.3, 0.4) is 0 Å². The highest BCUT2D eigenvalue weighted by Crippen LogP contribution is 2.33. The summed E-state index contributed by atoms with van der Waals surface area (Å²) in [7, 11) is 2.17. The molecule has 1 fully saturated rings. The number of piperazine rings is 1. The number of ether oxygens (including phenoxy) is 2. The van der Waals surface area contributed by atoms with Crippen molar-refractivity contribution in [3.63, 3.8) is 0 Å². The van der Waals surface area contributed by atoms with Crippen LogP contribution in [0.25, 0.3) is 0 Å². The molecule has 0 atom stereocenters. The quantitative estimate of drug-likeness (QED) is 0.895. The largest absolute Gasteiger partial charge is 0.490 e. The number of para-hydroxylation sites is 1. The number of hydrogen-bond acceptors (Lipinski definition) is 5. The molecular formula is C15H23N3O2. The van der Waals surface area contributed by atoms with Gasteiger partial charge in [0.2, 0.25) is 0 Å². The molecule has 2 aliphatic rings. The Hall–Kier alpha value is -1.30. The maximum absolute atomic E-state index is 5.84. The van der Waals surface area contributed by atoms with Gasteiger partial charge in [-0.3, -0.25) is 5.43 Å². The third-order valence-corrected chi connectivity index (χ3v) is 3.85. The summed E-state index contributed by atoms with van der Waals surface area (Å²) in [5.74, 6) is 1.78. The highest BCUT2D eigenvalue weighted by atomic mass is 16.5. The minimum atomic E-state index is 0.735. The molecule has 110 valence electrons. The molecule has 0 saturated carbocycles. The first-order valence-electron chi connectivity index (χ1n) is 7.37. The van der Waals surface area contributed by atoms with E-state index in [1.807, 2.05) is 12.1 Å². The zero-order valence-electron chi connectivity index (χ0n) is 12.1. The van der Waals surface area contributed by atoms with Crippen LogP contribution >= 0.6 is 0 Å². The molecule has 0 spiro atoms. The molecule has 0 aromatic heterocycles. The maximum Gasteiger partial charge on any atom is 0.165 e. The first-order chi connectivity index (χ1) is 9.83. The molecule has 2 aliphatic heterocycles. The van der Waals surface area contributed by atoms with E-state index >= 15 is 0 Å². The highest BCUT2D eigenvalue weighted by molar-refractivity contribution is 5.46. The average molecular weight is 277 g/mol. The Bertz CT molecular complexity index is 445. The number of rotatable bonds is 3. The Kier molecular flexibility index (Phi) is 4.40. The fourth-order valence-corrected chi connectivity index (χ4v) is 2.55. The lowest BCUT2D eigenvalue weighted by molar-refractivity contribution is 0.102. The lowest BCUT2D eigenvalue weighted by Crippen LogP contribution is -2.50. The van der Waals surface area contributed by atoms with Gasteiger partial charge in [0.1, 0.15) is 0 Å². The summed E-state index contributed by atoms with van der Waals surface area (Å²) in [6.45, 7) is 6.60. The number of nitrogens with zero attached hydrogens (tertiary/aromatic N) is 2. The minimum absolute atomic E-state index is 0.735. The van der Waals surface area contributed by atoms with Gasteiger partial charge in [-0.05, 0) is 13.1 Å². The van der Waals surface area contributed by atoms with Gasteiger partial charge in [0.05, 0.1) is 13.2 Å². The molecule has 2 heterocycles. The third kappa shape index (κ3) is 3.23. The lowest BCUT2D eigenvalue weighted by Gasteiger charge is -2.32. The van der Waals surface area contributed by atoms with E-state index in [1.165, 1.54) is 5.56 Å². The summed E-state index contributed by atoms with van der Waals surface area (Å²) in [6.07, 6.45) is 0.944. The van der Waals surface area contributed by atoms with E-state index in [2.05, 4.69) is 28.4 Å². The lowest BCUT2D eigenvalue weighted by atomic mass is 10.2. The van der Waals surface area contributed by atoms with Crippen LogP contribution in [0.5, 0.6) is 11.5 Å². The van der Waals surface area contributed by atoms with Gasteiger partial charge in [0.15, 0.2) is 11.5 Å². The SMILES string of the molecule is CN1CCN(NCc2cccc3c2OCCCO3)CC1. The smallest absolute Gasteiger partial charge is 0.165 e. The number of likely N-dealkylation sites (N-methyl/N-ethyl adjacent to an activating group) is 1. The number of benzene rings is 1. The monoisotopic (exact) mass is 277 g/mol. The molecule has 0 bridgehead atoms. The van der Waals surface area contributed by atoms with Crippen molar-refractivity contribution in [2.24, 2.45) is 0 Å². The van der Waals surface area contributed by atoms with Crippen molar-refractivity contribution in [1.82, 2.24) is 15.3 Å². The first kappa shape index (κ1) is 13.7. The van der Waals surface area contributed by atoms with E-state index in [0.717, 1.165) is 63.9 Å². The molecule has 5 nitrogen and oxygen atoms in total. The normalized spacial score (nSPS) is 20.6. The summed E-state index contributed by atoms with van der Waals surface area (Å²) in [6, 6.07) is 6.13. The van der Waals surface area contributed by atoms with Gasteiger partial charge in [-0.25, -0.2) is 5.01 Å². The molecule has 3 rings (SSSR count).